The van der Waals surface area contributed by atoms with Gasteiger partial charge in [0.25, 0.3) is 0 Å². The van der Waals surface area contributed by atoms with Crippen LogP contribution in [0.1, 0.15) is 16.1 Å². The first-order valence-electron chi connectivity index (χ1n) is 4.72. The monoisotopic (exact) mass is 270 g/mol. The fourth-order valence-corrected chi connectivity index (χ4v) is 1.80. The Labute approximate surface area is 107 Å². The van der Waals surface area contributed by atoms with Gasteiger partial charge >= 0.3 is 0 Å². The van der Waals surface area contributed by atoms with Crippen LogP contribution in [0.4, 0.5) is 0 Å². The summed E-state index contributed by atoms with van der Waals surface area (Å²) in [6.45, 7) is 0. The van der Waals surface area contributed by atoms with Gasteiger partial charge in [-0.2, -0.15) is 5.10 Å². The lowest BCUT2D eigenvalue weighted by atomic mass is 10.1. The summed E-state index contributed by atoms with van der Waals surface area (Å²) in [5.41, 5.74) is 0.490. The van der Waals surface area contributed by atoms with E-state index in [1.807, 2.05) is 0 Å². The molecule has 2 rings (SSSR count). The van der Waals surface area contributed by atoms with Crippen LogP contribution in [0.25, 0.3) is 0 Å². The van der Waals surface area contributed by atoms with Crippen LogP contribution < -0.4 is 0 Å². The topological polar surface area (TPSA) is 55.1 Å². The van der Waals surface area contributed by atoms with Crippen molar-refractivity contribution in [3.05, 3.63) is 45.7 Å². The number of aryl methyl sites for hydroxylation is 1. The fourth-order valence-electron chi connectivity index (χ4n) is 1.39. The summed E-state index contributed by atoms with van der Waals surface area (Å²) >= 11 is 11.7. The van der Waals surface area contributed by atoms with E-state index in [1.54, 1.807) is 19.3 Å². The van der Waals surface area contributed by atoms with Gasteiger partial charge in [0.05, 0.1) is 5.02 Å². The third-order valence-electron chi connectivity index (χ3n) is 2.25. The average Bonchev–Trinajstić information content (AvgIpc) is 2.72. The molecule has 88 valence electrons. The highest BCUT2D eigenvalue weighted by molar-refractivity contribution is 6.45. The summed E-state index contributed by atoms with van der Waals surface area (Å²) in [4.78, 5) is 12.0. The molecule has 0 saturated heterocycles. The Morgan fingerprint density at radius 2 is 2.00 bits per heavy atom. The fraction of sp³-hybridized carbons (Fsp3) is 0.0909. The molecule has 1 N–H and O–H groups in total. The predicted octanol–water partition coefficient (Wildman–Crippen LogP) is 2.66. The molecule has 0 saturated carbocycles. The molecule has 2 aromatic rings. The molecular formula is C11H8Cl2N2O2. The molecule has 0 aliphatic heterocycles. The molecule has 0 radical (unpaired) electrons. The highest BCUT2D eigenvalue weighted by atomic mass is 35.5. The second kappa shape index (κ2) is 4.39. The molecule has 0 bridgehead atoms. The van der Waals surface area contributed by atoms with Gasteiger partial charge in [0.1, 0.15) is 16.5 Å². The second-order valence-corrected chi connectivity index (χ2v) is 4.22. The van der Waals surface area contributed by atoms with Gasteiger partial charge in [-0.15, -0.1) is 0 Å². The van der Waals surface area contributed by atoms with Crippen molar-refractivity contribution in [1.82, 2.24) is 9.78 Å². The van der Waals surface area contributed by atoms with Crippen LogP contribution >= 0.6 is 23.2 Å². The third kappa shape index (κ3) is 2.14. The van der Waals surface area contributed by atoms with Gasteiger partial charge in [-0.05, 0) is 18.2 Å². The zero-order valence-corrected chi connectivity index (χ0v) is 10.3. The van der Waals surface area contributed by atoms with E-state index in [-0.39, 0.29) is 32.8 Å². The first-order valence-corrected chi connectivity index (χ1v) is 5.47. The standard InChI is InChI=1S/C11H8Cl2N2O2/c1-15-5-4-7(14-15)11(17)6-2-3-8(16)10(13)9(6)12/h2-5,16H,1H3. The Balaban J connectivity index is 2.48. The summed E-state index contributed by atoms with van der Waals surface area (Å²) < 4.78 is 1.52. The van der Waals surface area contributed by atoms with Gasteiger partial charge in [0.2, 0.25) is 5.78 Å². The van der Waals surface area contributed by atoms with Crippen molar-refractivity contribution in [3.63, 3.8) is 0 Å². The molecule has 0 unspecified atom stereocenters. The Bertz CT molecular complexity index is 593. The van der Waals surface area contributed by atoms with Crippen molar-refractivity contribution in [2.75, 3.05) is 0 Å². The Morgan fingerprint density at radius 1 is 1.29 bits per heavy atom. The number of hydrogen-bond acceptors (Lipinski definition) is 3. The van der Waals surface area contributed by atoms with Crippen LogP contribution in [-0.2, 0) is 7.05 Å². The molecule has 4 nitrogen and oxygen atoms in total. The molecule has 0 aliphatic carbocycles. The van der Waals surface area contributed by atoms with E-state index < -0.39 is 0 Å². The van der Waals surface area contributed by atoms with E-state index in [9.17, 15) is 9.90 Å². The van der Waals surface area contributed by atoms with Crippen molar-refractivity contribution < 1.29 is 9.90 Å². The molecular weight excluding hydrogens is 263 g/mol. The zero-order valence-electron chi connectivity index (χ0n) is 8.82. The molecule has 0 atom stereocenters. The summed E-state index contributed by atoms with van der Waals surface area (Å²) in [6, 6.07) is 4.32. The predicted molar refractivity (Wildman–Crippen MR) is 64.8 cm³/mol. The zero-order chi connectivity index (χ0) is 12.6. The first-order chi connectivity index (χ1) is 8.00. The SMILES string of the molecule is Cn1ccc(C(=O)c2ccc(O)c(Cl)c2Cl)n1. The van der Waals surface area contributed by atoms with Gasteiger partial charge in [-0.1, -0.05) is 23.2 Å². The van der Waals surface area contributed by atoms with Crippen molar-refractivity contribution >= 4 is 29.0 Å². The van der Waals surface area contributed by atoms with E-state index in [1.165, 1.54) is 16.8 Å². The number of hydrogen-bond donors (Lipinski definition) is 1. The number of ketones is 1. The van der Waals surface area contributed by atoms with E-state index >= 15 is 0 Å². The maximum atomic E-state index is 12.0. The van der Waals surface area contributed by atoms with Crippen molar-refractivity contribution in [3.8, 4) is 5.75 Å². The summed E-state index contributed by atoms with van der Waals surface area (Å²) in [5.74, 6) is -0.494. The molecule has 0 spiro atoms. The third-order valence-corrected chi connectivity index (χ3v) is 3.12. The molecule has 0 aliphatic rings. The summed E-state index contributed by atoms with van der Waals surface area (Å²) in [5, 5.41) is 13.3. The number of rotatable bonds is 2. The summed E-state index contributed by atoms with van der Waals surface area (Å²) in [6.07, 6.45) is 1.66. The summed E-state index contributed by atoms with van der Waals surface area (Å²) in [7, 11) is 1.71. The smallest absolute Gasteiger partial charge is 0.214 e. The maximum Gasteiger partial charge on any atom is 0.214 e. The van der Waals surface area contributed by atoms with Gasteiger partial charge in [0, 0.05) is 18.8 Å². The number of halogens is 2. The molecule has 1 heterocycles. The van der Waals surface area contributed by atoms with Crippen LogP contribution in [-0.4, -0.2) is 20.7 Å². The number of phenols is 1. The van der Waals surface area contributed by atoms with Crippen LogP contribution in [0.5, 0.6) is 5.75 Å². The molecule has 17 heavy (non-hydrogen) atoms. The number of carbonyl (C=O) groups excluding carboxylic acids is 1. The van der Waals surface area contributed by atoms with Crippen molar-refractivity contribution in [2.45, 2.75) is 0 Å². The number of phenolic OH excluding ortho intramolecular Hbond substituents is 1. The number of aromatic nitrogens is 2. The van der Waals surface area contributed by atoms with E-state index in [2.05, 4.69) is 5.10 Å². The number of carbonyl (C=O) groups is 1. The second-order valence-electron chi connectivity index (χ2n) is 3.46. The minimum Gasteiger partial charge on any atom is -0.506 e. The normalized spacial score (nSPS) is 10.5. The lowest BCUT2D eigenvalue weighted by Gasteiger charge is -2.04. The maximum absolute atomic E-state index is 12.0. The highest BCUT2D eigenvalue weighted by Crippen LogP contribution is 2.34. The van der Waals surface area contributed by atoms with Gasteiger partial charge < -0.3 is 5.11 Å². The molecule has 6 heteroatoms. The molecule has 0 fully saturated rings. The number of aromatic hydroxyl groups is 1. The Kier molecular flexibility index (Phi) is 3.09. The number of nitrogens with zero attached hydrogens (tertiary/aromatic N) is 2. The van der Waals surface area contributed by atoms with Crippen LogP contribution in [0.3, 0.4) is 0 Å². The first kappa shape index (κ1) is 12.0. The quantitative estimate of drug-likeness (QED) is 0.854. The lowest BCUT2D eigenvalue weighted by Crippen LogP contribution is -2.04. The van der Waals surface area contributed by atoms with Gasteiger partial charge in [-0.25, -0.2) is 0 Å². The van der Waals surface area contributed by atoms with E-state index in [0.717, 1.165) is 0 Å². The Hall–Kier alpha value is -1.52. The molecule has 1 aromatic carbocycles. The van der Waals surface area contributed by atoms with Gasteiger partial charge in [-0.3, -0.25) is 9.48 Å². The number of benzene rings is 1. The highest BCUT2D eigenvalue weighted by Gasteiger charge is 2.18. The van der Waals surface area contributed by atoms with Crippen LogP contribution in [0.15, 0.2) is 24.4 Å². The minimum atomic E-state index is -0.336. The minimum absolute atomic E-state index is 0.0299. The van der Waals surface area contributed by atoms with E-state index in [0.29, 0.717) is 0 Å². The van der Waals surface area contributed by atoms with Crippen LogP contribution in [0.2, 0.25) is 10.0 Å². The van der Waals surface area contributed by atoms with Crippen molar-refractivity contribution in [1.29, 1.82) is 0 Å². The van der Waals surface area contributed by atoms with Crippen LogP contribution in [0, 0.1) is 0 Å². The molecule has 0 amide bonds. The molecule has 1 aromatic heterocycles. The van der Waals surface area contributed by atoms with Gasteiger partial charge in [0.15, 0.2) is 0 Å². The van der Waals surface area contributed by atoms with Crippen molar-refractivity contribution in [2.24, 2.45) is 7.05 Å². The average molecular weight is 271 g/mol. The lowest BCUT2D eigenvalue weighted by molar-refractivity contribution is 0.103. The largest absolute Gasteiger partial charge is 0.506 e. The Morgan fingerprint density at radius 3 is 2.59 bits per heavy atom. The van der Waals surface area contributed by atoms with E-state index in [4.69, 9.17) is 23.2 Å².